The fourth-order valence-corrected chi connectivity index (χ4v) is 4.76. The summed E-state index contributed by atoms with van der Waals surface area (Å²) >= 11 is 0. The van der Waals surface area contributed by atoms with Crippen molar-refractivity contribution < 1.29 is 22.7 Å². The average Bonchev–Trinajstić information content (AvgIpc) is 2.81. The summed E-state index contributed by atoms with van der Waals surface area (Å²) in [7, 11) is -1.95. The van der Waals surface area contributed by atoms with Crippen molar-refractivity contribution in [2.75, 3.05) is 50.5 Å². The molecule has 0 bridgehead atoms. The predicted molar refractivity (Wildman–Crippen MR) is 129 cm³/mol. The van der Waals surface area contributed by atoms with Crippen LogP contribution in [-0.4, -0.2) is 65.4 Å². The molecule has 1 aliphatic heterocycles. The number of amides is 1. The number of nitrogens with one attached hydrogen (secondary N) is 1. The van der Waals surface area contributed by atoms with Gasteiger partial charge in [-0.2, -0.15) is 0 Å². The normalized spacial score (nSPS) is 14.6. The second kappa shape index (κ2) is 12.0. The number of benzene rings is 2. The predicted octanol–water partition coefficient (Wildman–Crippen LogP) is 2.39. The summed E-state index contributed by atoms with van der Waals surface area (Å²) in [6, 6.07) is 15.0. The summed E-state index contributed by atoms with van der Waals surface area (Å²) in [5.41, 5.74) is 2.81. The molecule has 1 amide bonds. The number of nitrogens with zero attached hydrogens (tertiary/aromatic N) is 2. The third-order valence-electron chi connectivity index (χ3n) is 5.60. The SMILES string of the molecule is COc1cccc(N(CCCC(=O)NCc2ccccc2CN2CCOCC2)S(C)(=O)=O)c1. The molecule has 1 fully saturated rings. The fourth-order valence-electron chi connectivity index (χ4n) is 3.80. The van der Waals surface area contributed by atoms with E-state index in [1.807, 2.05) is 18.2 Å². The van der Waals surface area contributed by atoms with E-state index >= 15 is 0 Å². The number of hydrogen-bond acceptors (Lipinski definition) is 6. The van der Waals surface area contributed by atoms with Crippen molar-refractivity contribution in [2.24, 2.45) is 0 Å². The first-order valence-electron chi connectivity index (χ1n) is 11.1. The van der Waals surface area contributed by atoms with Crippen molar-refractivity contribution in [1.29, 1.82) is 0 Å². The molecule has 3 rings (SSSR count). The van der Waals surface area contributed by atoms with E-state index < -0.39 is 10.0 Å². The summed E-state index contributed by atoms with van der Waals surface area (Å²) in [4.78, 5) is 14.8. The number of sulfonamides is 1. The second-order valence-corrected chi connectivity index (χ2v) is 9.98. The molecule has 33 heavy (non-hydrogen) atoms. The van der Waals surface area contributed by atoms with Crippen LogP contribution < -0.4 is 14.4 Å². The Morgan fingerprint density at radius 3 is 2.55 bits per heavy atom. The molecule has 1 N–H and O–H groups in total. The van der Waals surface area contributed by atoms with Gasteiger partial charge >= 0.3 is 0 Å². The summed E-state index contributed by atoms with van der Waals surface area (Å²) in [6.07, 6.45) is 1.81. The molecule has 0 atom stereocenters. The van der Waals surface area contributed by atoms with Gasteiger partial charge in [-0.1, -0.05) is 30.3 Å². The van der Waals surface area contributed by atoms with E-state index in [9.17, 15) is 13.2 Å². The van der Waals surface area contributed by atoms with Gasteiger partial charge in [0, 0.05) is 45.2 Å². The zero-order valence-electron chi connectivity index (χ0n) is 19.3. The number of ether oxygens (including phenoxy) is 2. The summed E-state index contributed by atoms with van der Waals surface area (Å²) < 4.78 is 36.5. The first-order chi connectivity index (χ1) is 15.9. The number of rotatable bonds is 11. The maximum absolute atomic E-state index is 12.5. The largest absolute Gasteiger partial charge is 0.497 e. The van der Waals surface area contributed by atoms with Gasteiger partial charge in [-0.05, 0) is 29.7 Å². The number of carbonyl (C=O) groups excluding carboxylic acids is 1. The lowest BCUT2D eigenvalue weighted by Gasteiger charge is -2.27. The summed E-state index contributed by atoms with van der Waals surface area (Å²) in [5.74, 6) is 0.477. The molecule has 8 nitrogen and oxygen atoms in total. The Bertz CT molecular complexity index is 1020. The highest BCUT2D eigenvalue weighted by Crippen LogP contribution is 2.23. The minimum atomic E-state index is -3.48. The van der Waals surface area contributed by atoms with Crippen LogP contribution in [0.25, 0.3) is 0 Å². The van der Waals surface area contributed by atoms with Gasteiger partial charge < -0.3 is 14.8 Å². The molecule has 0 unspecified atom stereocenters. The maximum atomic E-state index is 12.5. The molecule has 2 aromatic carbocycles. The van der Waals surface area contributed by atoms with Crippen LogP contribution >= 0.6 is 0 Å². The average molecular weight is 476 g/mol. The smallest absolute Gasteiger partial charge is 0.232 e. The first-order valence-corrected chi connectivity index (χ1v) is 13.0. The van der Waals surface area contributed by atoms with Crippen LogP contribution in [0.5, 0.6) is 5.75 Å². The second-order valence-electron chi connectivity index (χ2n) is 8.07. The Kier molecular flexibility index (Phi) is 9.11. The van der Waals surface area contributed by atoms with Gasteiger partial charge in [-0.15, -0.1) is 0 Å². The van der Waals surface area contributed by atoms with Gasteiger partial charge in [0.15, 0.2) is 0 Å². The van der Waals surface area contributed by atoms with Crippen molar-refractivity contribution in [2.45, 2.75) is 25.9 Å². The lowest BCUT2D eigenvalue weighted by atomic mass is 10.1. The molecule has 1 heterocycles. The molecule has 0 aromatic heterocycles. The Labute approximate surface area is 196 Å². The van der Waals surface area contributed by atoms with E-state index in [-0.39, 0.29) is 18.9 Å². The first kappa shape index (κ1) is 25.0. The Balaban J connectivity index is 1.52. The van der Waals surface area contributed by atoms with Crippen molar-refractivity contribution >= 4 is 21.6 Å². The van der Waals surface area contributed by atoms with E-state index in [4.69, 9.17) is 9.47 Å². The molecule has 0 spiro atoms. The Morgan fingerprint density at radius 1 is 1.12 bits per heavy atom. The molecule has 1 aliphatic rings. The lowest BCUT2D eigenvalue weighted by molar-refractivity contribution is -0.121. The molecule has 2 aromatic rings. The van der Waals surface area contributed by atoms with Crippen LogP contribution in [0.4, 0.5) is 5.69 Å². The van der Waals surface area contributed by atoms with Gasteiger partial charge in [-0.25, -0.2) is 8.42 Å². The molecule has 180 valence electrons. The van der Waals surface area contributed by atoms with E-state index in [1.54, 1.807) is 24.3 Å². The maximum Gasteiger partial charge on any atom is 0.232 e. The monoisotopic (exact) mass is 475 g/mol. The quantitative estimate of drug-likeness (QED) is 0.537. The third kappa shape index (κ3) is 7.73. The van der Waals surface area contributed by atoms with E-state index in [2.05, 4.69) is 16.3 Å². The zero-order chi connectivity index (χ0) is 23.7. The zero-order valence-corrected chi connectivity index (χ0v) is 20.1. The molecule has 0 radical (unpaired) electrons. The highest BCUT2D eigenvalue weighted by atomic mass is 32.2. The molecule has 0 saturated carbocycles. The van der Waals surface area contributed by atoms with Crippen LogP contribution in [0.15, 0.2) is 48.5 Å². The van der Waals surface area contributed by atoms with Gasteiger partial charge in [0.05, 0.1) is 32.3 Å². The fraction of sp³-hybridized carbons (Fsp3) is 0.458. The number of methoxy groups -OCH3 is 1. The number of hydrogen-bond donors (Lipinski definition) is 1. The van der Waals surface area contributed by atoms with Crippen molar-refractivity contribution in [3.05, 3.63) is 59.7 Å². The van der Waals surface area contributed by atoms with Crippen molar-refractivity contribution in [3.8, 4) is 5.75 Å². The third-order valence-corrected chi connectivity index (χ3v) is 6.79. The molecule has 0 aliphatic carbocycles. The topological polar surface area (TPSA) is 88.2 Å². The standard InChI is InChI=1S/C24H33N3O5S/c1-31-23-10-5-9-22(17-23)27(33(2,29)30)12-6-11-24(28)25-18-20-7-3-4-8-21(20)19-26-13-15-32-16-14-26/h3-5,7-10,17H,6,11-16,18-19H2,1-2H3,(H,25,28). The lowest BCUT2D eigenvalue weighted by Crippen LogP contribution is -2.36. The summed E-state index contributed by atoms with van der Waals surface area (Å²) in [5, 5.41) is 2.98. The minimum absolute atomic E-state index is 0.102. The van der Waals surface area contributed by atoms with Gasteiger partial charge in [-0.3, -0.25) is 14.0 Å². The van der Waals surface area contributed by atoms with Crippen LogP contribution in [0.2, 0.25) is 0 Å². The minimum Gasteiger partial charge on any atom is -0.497 e. The van der Waals surface area contributed by atoms with Crippen LogP contribution in [0, 0.1) is 0 Å². The van der Waals surface area contributed by atoms with Gasteiger partial charge in [0.1, 0.15) is 5.75 Å². The highest BCUT2D eigenvalue weighted by molar-refractivity contribution is 7.92. The summed E-state index contributed by atoms with van der Waals surface area (Å²) in [6.45, 7) is 4.81. The van der Waals surface area contributed by atoms with Crippen molar-refractivity contribution in [1.82, 2.24) is 10.2 Å². The van der Waals surface area contributed by atoms with Crippen molar-refractivity contribution in [3.63, 3.8) is 0 Å². The van der Waals surface area contributed by atoms with E-state index in [0.717, 1.165) is 44.7 Å². The van der Waals surface area contributed by atoms with Gasteiger partial charge in [0.2, 0.25) is 15.9 Å². The highest BCUT2D eigenvalue weighted by Gasteiger charge is 2.18. The Morgan fingerprint density at radius 2 is 1.85 bits per heavy atom. The van der Waals surface area contributed by atoms with Crippen LogP contribution in [0.3, 0.4) is 0 Å². The van der Waals surface area contributed by atoms with Crippen LogP contribution in [0.1, 0.15) is 24.0 Å². The Hall–Kier alpha value is -2.62. The van der Waals surface area contributed by atoms with Crippen LogP contribution in [-0.2, 0) is 32.6 Å². The van der Waals surface area contributed by atoms with E-state index in [0.29, 0.717) is 24.4 Å². The van der Waals surface area contributed by atoms with E-state index in [1.165, 1.54) is 17.0 Å². The number of morpholine rings is 1. The number of carbonyl (C=O) groups is 1. The molecular weight excluding hydrogens is 442 g/mol. The molecule has 9 heteroatoms. The molecular formula is C24H33N3O5S. The molecule has 1 saturated heterocycles. The number of anilines is 1. The van der Waals surface area contributed by atoms with Gasteiger partial charge in [0.25, 0.3) is 0 Å².